The van der Waals surface area contributed by atoms with Crippen LogP contribution in [-0.2, 0) is 6.54 Å². The molecule has 0 aliphatic heterocycles. The van der Waals surface area contributed by atoms with E-state index in [-0.39, 0.29) is 5.91 Å². The van der Waals surface area contributed by atoms with Gasteiger partial charge in [-0.2, -0.15) is 10.4 Å². The minimum absolute atomic E-state index is 0.225. The number of carbonyl (C=O) groups excluding carboxylic acids is 1. The Morgan fingerprint density at radius 1 is 1.23 bits per heavy atom. The van der Waals surface area contributed by atoms with Crippen LogP contribution in [0.2, 0.25) is 0 Å². The number of fused-ring (bicyclic) bond motifs is 1. The summed E-state index contributed by atoms with van der Waals surface area (Å²) in [5.74, 6) is 0.452. The van der Waals surface area contributed by atoms with Gasteiger partial charge in [-0.15, -0.1) is 0 Å². The predicted octanol–water partition coefficient (Wildman–Crippen LogP) is 4.29. The number of rotatable bonds is 5. The fraction of sp³-hybridized carbons (Fsp3) is 0.174. The number of benzene rings is 2. The van der Waals surface area contributed by atoms with Crippen LogP contribution in [0.25, 0.3) is 16.6 Å². The van der Waals surface area contributed by atoms with Crippen molar-refractivity contribution in [1.29, 1.82) is 5.26 Å². The van der Waals surface area contributed by atoms with Crippen molar-refractivity contribution in [2.24, 2.45) is 0 Å². The van der Waals surface area contributed by atoms with Crippen molar-refractivity contribution in [3.63, 3.8) is 0 Å². The number of anilines is 1. The zero-order valence-electron chi connectivity index (χ0n) is 17.0. The summed E-state index contributed by atoms with van der Waals surface area (Å²) in [5.41, 5.74) is 4.33. The number of methoxy groups -OCH3 is 1. The van der Waals surface area contributed by atoms with Crippen LogP contribution in [0.1, 0.15) is 28.5 Å². The van der Waals surface area contributed by atoms with E-state index in [9.17, 15) is 4.79 Å². The fourth-order valence-electron chi connectivity index (χ4n) is 3.61. The van der Waals surface area contributed by atoms with E-state index in [2.05, 4.69) is 16.5 Å². The Morgan fingerprint density at radius 2 is 2.00 bits per heavy atom. The van der Waals surface area contributed by atoms with Crippen molar-refractivity contribution in [2.75, 3.05) is 12.4 Å². The average Bonchev–Trinajstić information content (AvgIpc) is 3.34. The fourth-order valence-corrected chi connectivity index (χ4v) is 3.61. The zero-order valence-corrected chi connectivity index (χ0v) is 17.0. The van der Waals surface area contributed by atoms with E-state index in [1.54, 1.807) is 37.6 Å². The molecule has 2 aromatic heterocycles. The SMILES string of the molecule is CCn1cc(-n2c(C)c(C(=O)Nc3ccc(C#N)cc3)c3cc(OC)ccc32)cn1. The number of nitrogens with zero attached hydrogens (tertiary/aromatic N) is 4. The van der Waals surface area contributed by atoms with Gasteiger partial charge in [-0.3, -0.25) is 9.48 Å². The summed E-state index contributed by atoms with van der Waals surface area (Å²) >= 11 is 0. The maximum atomic E-state index is 13.3. The van der Waals surface area contributed by atoms with Gasteiger partial charge in [0.2, 0.25) is 0 Å². The lowest BCUT2D eigenvalue weighted by Gasteiger charge is -2.07. The smallest absolute Gasteiger partial charge is 0.258 e. The lowest BCUT2D eigenvalue weighted by Crippen LogP contribution is -2.13. The highest BCUT2D eigenvalue weighted by Gasteiger charge is 2.22. The molecule has 2 heterocycles. The van der Waals surface area contributed by atoms with E-state index in [4.69, 9.17) is 10.00 Å². The summed E-state index contributed by atoms with van der Waals surface area (Å²) < 4.78 is 9.27. The molecule has 0 radical (unpaired) electrons. The van der Waals surface area contributed by atoms with Gasteiger partial charge in [-0.05, 0) is 56.3 Å². The van der Waals surface area contributed by atoms with Crippen LogP contribution in [0.3, 0.4) is 0 Å². The first-order valence-corrected chi connectivity index (χ1v) is 9.59. The summed E-state index contributed by atoms with van der Waals surface area (Å²) in [6.07, 6.45) is 3.75. The summed E-state index contributed by atoms with van der Waals surface area (Å²) in [6.45, 7) is 4.71. The molecule has 2 aromatic carbocycles. The Morgan fingerprint density at radius 3 is 2.63 bits per heavy atom. The molecular weight excluding hydrogens is 378 g/mol. The van der Waals surface area contributed by atoms with E-state index in [1.807, 2.05) is 47.5 Å². The summed E-state index contributed by atoms with van der Waals surface area (Å²) in [5, 5.41) is 17.1. The van der Waals surface area contributed by atoms with Gasteiger partial charge < -0.3 is 14.6 Å². The molecule has 0 unspecified atom stereocenters. The third kappa shape index (κ3) is 3.29. The van der Waals surface area contributed by atoms with Gasteiger partial charge in [-0.1, -0.05) is 0 Å². The number of nitriles is 1. The highest BCUT2D eigenvalue weighted by Crippen LogP contribution is 2.32. The molecule has 1 N–H and O–H groups in total. The molecule has 0 aliphatic rings. The third-order valence-electron chi connectivity index (χ3n) is 5.11. The monoisotopic (exact) mass is 399 g/mol. The molecule has 0 atom stereocenters. The number of ether oxygens (including phenoxy) is 1. The lowest BCUT2D eigenvalue weighted by molar-refractivity contribution is 0.102. The predicted molar refractivity (Wildman–Crippen MR) is 115 cm³/mol. The molecule has 0 aliphatic carbocycles. The van der Waals surface area contributed by atoms with Crippen molar-refractivity contribution in [2.45, 2.75) is 20.4 Å². The Bertz CT molecular complexity index is 1280. The Balaban J connectivity index is 1.84. The Hall–Kier alpha value is -4.05. The molecule has 7 heteroatoms. The van der Waals surface area contributed by atoms with Crippen molar-refractivity contribution >= 4 is 22.5 Å². The van der Waals surface area contributed by atoms with Gasteiger partial charge in [0.15, 0.2) is 0 Å². The molecule has 0 saturated heterocycles. The minimum atomic E-state index is -0.225. The van der Waals surface area contributed by atoms with Crippen molar-refractivity contribution in [3.05, 3.63) is 71.7 Å². The molecule has 4 rings (SSSR count). The number of aryl methyl sites for hydroxylation is 1. The van der Waals surface area contributed by atoms with E-state index in [0.29, 0.717) is 22.6 Å². The van der Waals surface area contributed by atoms with E-state index >= 15 is 0 Å². The molecule has 0 saturated carbocycles. The van der Waals surface area contributed by atoms with Crippen LogP contribution in [0.5, 0.6) is 5.75 Å². The van der Waals surface area contributed by atoms with Gasteiger partial charge in [0.25, 0.3) is 5.91 Å². The Labute approximate surface area is 174 Å². The molecule has 150 valence electrons. The van der Waals surface area contributed by atoms with Crippen molar-refractivity contribution < 1.29 is 9.53 Å². The lowest BCUT2D eigenvalue weighted by atomic mass is 10.1. The first-order chi connectivity index (χ1) is 14.5. The second kappa shape index (κ2) is 7.76. The van der Waals surface area contributed by atoms with Gasteiger partial charge in [0.05, 0.1) is 41.7 Å². The maximum absolute atomic E-state index is 13.3. The normalized spacial score (nSPS) is 10.7. The number of carbonyl (C=O) groups is 1. The highest BCUT2D eigenvalue weighted by atomic mass is 16.5. The van der Waals surface area contributed by atoms with Gasteiger partial charge in [0, 0.05) is 29.5 Å². The van der Waals surface area contributed by atoms with Crippen LogP contribution in [-0.4, -0.2) is 27.4 Å². The number of amides is 1. The van der Waals surface area contributed by atoms with Crippen LogP contribution in [0.4, 0.5) is 5.69 Å². The average molecular weight is 399 g/mol. The molecule has 4 aromatic rings. The van der Waals surface area contributed by atoms with Crippen LogP contribution >= 0.6 is 0 Å². The second-order valence-corrected chi connectivity index (χ2v) is 6.88. The van der Waals surface area contributed by atoms with Crippen LogP contribution < -0.4 is 10.1 Å². The quantitative estimate of drug-likeness (QED) is 0.543. The van der Waals surface area contributed by atoms with Gasteiger partial charge in [-0.25, -0.2) is 0 Å². The van der Waals surface area contributed by atoms with Gasteiger partial charge >= 0.3 is 0 Å². The molecule has 0 spiro atoms. The number of hydrogen-bond donors (Lipinski definition) is 1. The first kappa shape index (κ1) is 19.3. The first-order valence-electron chi connectivity index (χ1n) is 9.59. The standard InChI is InChI=1S/C23H21N5O2/c1-4-27-14-18(13-25-27)28-15(2)22(20-11-19(30-3)9-10-21(20)28)23(29)26-17-7-5-16(12-24)6-8-17/h5-11,13-14H,4H2,1-3H3,(H,26,29). The van der Waals surface area contributed by atoms with E-state index < -0.39 is 0 Å². The molecule has 1 amide bonds. The maximum Gasteiger partial charge on any atom is 0.258 e. The summed E-state index contributed by atoms with van der Waals surface area (Å²) in [4.78, 5) is 13.3. The van der Waals surface area contributed by atoms with Crippen molar-refractivity contribution in [3.8, 4) is 17.5 Å². The highest BCUT2D eigenvalue weighted by molar-refractivity contribution is 6.14. The summed E-state index contributed by atoms with van der Waals surface area (Å²) in [7, 11) is 1.60. The third-order valence-corrected chi connectivity index (χ3v) is 5.11. The topological polar surface area (TPSA) is 84.9 Å². The van der Waals surface area contributed by atoms with Gasteiger partial charge in [0.1, 0.15) is 5.75 Å². The molecular formula is C23H21N5O2. The van der Waals surface area contributed by atoms with Crippen molar-refractivity contribution in [1.82, 2.24) is 14.3 Å². The van der Waals surface area contributed by atoms with E-state index in [0.717, 1.165) is 28.8 Å². The van der Waals surface area contributed by atoms with E-state index in [1.165, 1.54) is 0 Å². The number of aromatic nitrogens is 3. The number of hydrogen-bond acceptors (Lipinski definition) is 4. The Kier molecular flexibility index (Phi) is 4.98. The zero-order chi connectivity index (χ0) is 21.3. The van der Waals surface area contributed by atoms with Crippen LogP contribution in [0.15, 0.2) is 54.9 Å². The van der Waals surface area contributed by atoms with Crippen LogP contribution in [0, 0.1) is 18.3 Å². The molecule has 0 fully saturated rings. The second-order valence-electron chi connectivity index (χ2n) is 6.88. The molecule has 30 heavy (non-hydrogen) atoms. The largest absolute Gasteiger partial charge is 0.497 e. The molecule has 0 bridgehead atoms. The molecule has 7 nitrogen and oxygen atoms in total. The summed E-state index contributed by atoms with van der Waals surface area (Å²) in [6, 6.07) is 14.6. The minimum Gasteiger partial charge on any atom is -0.497 e. The number of nitrogens with one attached hydrogen (secondary N) is 1.